The summed E-state index contributed by atoms with van der Waals surface area (Å²) < 4.78 is 10.2. The second-order valence-electron chi connectivity index (χ2n) is 5.16. The Balaban J connectivity index is 1.92. The molecule has 6 nitrogen and oxygen atoms in total. The van der Waals surface area contributed by atoms with Gasteiger partial charge in [-0.05, 0) is 42.8 Å². The first-order chi connectivity index (χ1) is 12.6. The van der Waals surface area contributed by atoms with Crippen molar-refractivity contribution in [2.75, 3.05) is 18.5 Å². The molecule has 0 aliphatic heterocycles. The van der Waals surface area contributed by atoms with Crippen LogP contribution in [0.2, 0.25) is 0 Å². The van der Waals surface area contributed by atoms with Crippen LogP contribution in [0.4, 0.5) is 5.69 Å². The Hall–Kier alpha value is -3.59. The maximum atomic E-state index is 11.8. The first-order valence-corrected chi connectivity index (χ1v) is 7.99. The number of nitrogens with zero attached hydrogens (tertiary/aromatic N) is 1. The number of carbonyl (C=O) groups is 2. The summed E-state index contributed by atoms with van der Waals surface area (Å²) in [6.07, 6.45) is 1.43. The largest absolute Gasteiger partial charge is 0.484 e. The molecule has 0 aliphatic rings. The molecule has 0 unspecified atom stereocenters. The summed E-state index contributed by atoms with van der Waals surface area (Å²) in [6.45, 7) is 1.75. The van der Waals surface area contributed by atoms with Gasteiger partial charge in [-0.1, -0.05) is 30.3 Å². The minimum atomic E-state index is -0.659. The molecule has 0 atom stereocenters. The average molecular weight is 350 g/mol. The maximum absolute atomic E-state index is 11.8. The molecule has 0 spiro atoms. The third-order valence-corrected chi connectivity index (χ3v) is 3.23. The summed E-state index contributed by atoms with van der Waals surface area (Å²) in [5.74, 6) is -0.429. The number of para-hydroxylation sites is 1. The smallest absolute Gasteiger partial charge is 0.348 e. The van der Waals surface area contributed by atoms with Crippen LogP contribution in [0.25, 0.3) is 6.08 Å². The van der Waals surface area contributed by atoms with Gasteiger partial charge >= 0.3 is 5.97 Å². The number of rotatable bonds is 7. The van der Waals surface area contributed by atoms with Gasteiger partial charge in [-0.3, -0.25) is 4.79 Å². The number of benzene rings is 2. The van der Waals surface area contributed by atoms with Gasteiger partial charge < -0.3 is 14.8 Å². The zero-order valence-corrected chi connectivity index (χ0v) is 14.3. The number of esters is 1. The van der Waals surface area contributed by atoms with Crippen molar-refractivity contribution < 1.29 is 19.1 Å². The van der Waals surface area contributed by atoms with Crippen molar-refractivity contribution in [3.8, 4) is 11.8 Å². The number of anilines is 1. The van der Waals surface area contributed by atoms with Gasteiger partial charge in [-0.2, -0.15) is 5.26 Å². The van der Waals surface area contributed by atoms with Crippen molar-refractivity contribution >= 4 is 23.6 Å². The lowest BCUT2D eigenvalue weighted by molar-refractivity contribution is -0.137. The fourth-order valence-electron chi connectivity index (χ4n) is 2.04. The summed E-state index contributed by atoms with van der Waals surface area (Å²) in [4.78, 5) is 23.4. The topological polar surface area (TPSA) is 88.4 Å². The van der Waals surface area contributed by atoms with E-state index >= 15 is 0 Å². The Morgan fingerprint density at radius 1 is 1.12 bits per heavy atom. The van der Waals surface area contributed by atoms with Crippen LogP contribution in [-0.4, -0.2) is 25.1 Å². The first-order valence-electron chi connectivity index (χ1n) is 7.99. The lowest BCUT2D eigenvalue weighted by Gasteiger charge is -2.07. The van der Waals surface area contributed by atoms with Gasteiger partial charge in [0.1, 0.15) is 17.4 Å². The van der Waals surface area contributed by atoms with Crippen LogP contribution in [0.1, 0.15) is 12.5 Å². The molecular weight excluding hydrogens is 332 g/mol. The van der Waals surface area contributed by atoms with E-state index in [-0.39, 0.29) is 24.7 Å². The molecule has 0 radical (unpaired) electrons. The van der Waals surface area contributed by atoms with E-state index in [1.54, 1.807) is 43.3 Å². The van der Waals surface area contributed by atoms with Crippen molar-refractivity contribution in [3.05, 3.63) is 65.7 Å². The predicted molar refractivity (Wildman–Crippen MR) is 97.2 cm³/mol. The van der Waals surface area contributed by atoms with E-state index in [2.05, 4.69) is 5.32 Å². The Morgan fingerprint density at radius 3 is 2.42 bits per heavy atom. The van der Waals surface area contributed by atoms with Crippen LogP contribution in [-0.2, 0) is 14.3 Å². The van der Waals surface area contributed by atoms with Crippen LogP contribution >= 0.6 is 0 Å². The molecule has 0 saturated carbocycles. The Morgan fingerprint density at radius 2 is 1.81 bits per heavy atom. The molecule has 0 bridgehead atoms. The van der Waals surface area contributed by atoms with E-state index in [1.807, 2.05) is 24.3 Å². The van der Waals surface area contributed by atoms with Crippen molar-refractivity contribution in [1.82, 2.24) is 0 Å². The third-order valence-electron chi connectivity index (χ3n) is 3.23. The van der Waals surface area contributed by atoms with Crippen LogP contribution in [0.5, 0.6) is 5.75 Å². The number of nitrogens with one attached hydrogen (secondary N) is 1. The highest BCUT2D eigenvalue weighted by Gasteiger charge is 2.09. The van der Waals surface area contributed by atoms with Crippen LogP contribution in [0.3, 0.4) is 0 Å². The highest BCUT2D eigenvalue weighted by Crippen LogP contribution is 2.15. The van der Waals surface area contributed by atoms with Crippen molar-refractivity contribution in [3.63, 3.8) is 0 Å². The van der Waals surface area contributed by atoms with E-state index in [1.165, 1.54) is 6.08 Å². The van der Waals surface area contributed by atoms with Gasteiger partial charge in [0.05, 0.1) is 6.61 Å². The third kappa shape index (κ3) is 5.80. The summed E-state index contributed by atoms with van der Waals surface area (Å²) in [6, 6.07) is 17.6. The highest BCUT2D eigenvalue weighted by molar-refractivity contribution is 5.97. The molecule has 132 valence electrons. The molecule has 2 rings (SSSR count). The van der Waals surface area contributed by atoms with Crippen molar-refractivity contribution in [2.24, 2.45) is 0 Å². The molecule has 0 aliphatic carbocycles. The quantitative estimate of drug-likeness (QED) is 0.471. The molecule has 2 aromatic carbocycles. The van der Waals surface area contributed by atoms with E-state index < -0.39 is 5.97 Å². The second kappa shape index (κ2) is 9.64. The monoisotopic (exact) mass is 350 g/mol. The van der Waals surface area contributed by atoms with E-state index in [0.29, 0.717) is 17.0 Å². The number of carbonyl (C=O) groups excluding carboxylic acids is 2. The lowest BCUT2D eigenvalue weighted by atomic mass is 10.1. The number of hydrogen-bond acceptors (Lipinski definition) is 5. The molecule has 0 heterocycles. The molecule has 6 heteroatoms. The van der Waals surface area contributed by atoms with Gasteiger partial charge in [0.25, 0.3) is 5.91 Å². The van der Waals surface area contributed by atoms with Gasteiger partial charge in [-0.15, -0.1) is 0 Å². The maximum Gasteiger partial charge on any atom is 0.348 e. The molecule has 0 aromatic heterocycles. The Kier molecular flexibility index (Phi) is 6.95. The molecule has 0 saturated heterocycles. The standard InChI is InChI=1S/C20H18N2O4/c1-2-25-20(24)16(13-21)12-15-8-10-18(11-9-15)26-14-19(23)22-17-6-4-3-5-7-17/h3-12H,2,14H2,1H3,(H,22,23)/b16-12+. The molecule has 0 fully saturated rings. The Bertz CT molecular complexity index is 821. The van der Waals surface area contributed by atoms with E-state index in [4.69, 9.17) is 14.7 Å². The summed E-state index contributed by atoms with van der Waals surface area (Å²) in [5.41, 5.74) is 1.27. The SMILES string of the molecule is CCOC(=O)/C(C#N)=C/c1ccc(OCC(=O)Nc2ccccc2)cc1. The first kappa shape index (κ1) is 18.7. The minimum absolute atomic E-state index is 0.0808. The van der Waals surface area contributed by atoms with E-state index in [9.17, 15) is 9.59 Å². The van der Waals surface area contributed by atoms with Crippen molar-refractivity contribution in [2.45, 2.75) is 6.92 Å². The van der Waals surface area contributed by atoms with E-state index in [0.717, 1.165) is 0 Å². The van der Waals surface area contributed by atoms with Crippen LogP contribution in [0.15, 0.2) is 60.2 Å². The lowest BCUT2D eigenvalue weighted by Crippen LogP contribution is -2.20. The Labute approximate surface area is 151 Å². The highest BCUT2D eigenvalue weighted by atomic mass is 16.5. The fraction of sp³-hybridized carbons (Fsp3) is 0.150. The van der Waals surface area contributed by atoms with Crippen LogP contribution < -0.4 is 10.1 Å². The normalized spacial score (nSPS) is 10.5. The molecule has 1 N–H and O–H groups in total. The van der Waals surface area contributed by atoms with Crippen LogP contribution in [0, 0.1) is 11.3 Å². The van der Waals surface area contributed by atoms with Gasteiger partial charge in [0.15, 0.2) is 6.61 Å². The summed E-state index contributed by atoms with van der Waals surface area (Å²) in [5, 5.41) is 11.7. The molecule has 2 aromatic rings. The van der Waals surface area contributed by atoms with Crippen molar-refractivity contribution in [1.29, 1.82) is 5.26 Å². The molecular formula is C20H18N2O4. The number of hydrogen-bond donors (Lipinski definition) is 1. The zero-order valence-electron chi connectivity index (χ0n) is 14.3. The van der Waals surface area contributed by atoms with Gasteiger partial charge in [-0.25, -0.2) is 4.79 Å². The van der Waals surface area contributed by atoms with Gasteiger partial charge in [0.2, 0.25) is 0 Å². The van der Waals surface area contributed by atoms with Gasteiger partial charge in [0, 0.05) is 5.69 Å². The number of amides is 1. The minimum Gasteiger partial charge on any atom is -0.484 e. The number of nitriles is 1. The number of ether oxygens (including phenoxy) is 2. The summed E-state index contributed by atoms with van der Waals surface area (Å²) in [7, 11) is 0. The molecule has 26 heavy (non-hydrogen) atoms. The molecule has 1 amide bonds. The summed E-state index contributed by atoms with van der Waals surface area (Å²) >= 11 is 0. The predicted octanol–water partition coefficient (Wildman–Crippen LogP) is 3.17. The zero-order chi connectivity index (χ0) is 18.8. The second-order valence-corrected chi connectivity index (χ2v) is 5.16. The fourth-order valence-corrected chi connectivity index (χ4v) is 2.04. The average Bonchev–Trinajstić information content (AvgIpc) is 2.66.